The first-order chi connectivity index (χ1) is 19.1. The van der Waals surface area contributed by atoms with Crippen LogP contribution in [0.25, 0.3) is 5.76 Å². The first-order valence-electron chi connectivity index (χ1n) is 12.6. The Bertz CT molecular complexity index is 1490. The molecule has 0 saturated carbocycles. The van der Waals surface area contributed by atoms with Crippen LogP contribution in [0, 0.1) is 0 Å². The molecule has 4 aromatic rings. The average molecular weight is 522 g/mol. The molecule has 1 unspecified atom stereocenters. The van der Waals surface area contributed by atoms with Crippen molar-refractivity contribution in [2.75, 3.05) is 6.61 Å². The number of ketones is 1. The lowest BCUT2D eigenvalue weighted by molar-refractivity contribution is -0.140. The van der Waals surface area contributed by atoms with Gasteiger partial charge in [0.15, 0.2) is 11.5 Å². The van der Waals surface area contributed by atoms with Crippen LogP contribution in [-0.4, -0.2) is 38.3 Å². The summed E-state index contributed by atoms with van der Waals surface area (Å²) in [4.78, 5) is 36.2. The number of ether oxygens (including phenoxy) is 2. The van der Waals surface area contributed by atoms with Gasteiger partial charge in [0.1, 0.15) is 12.4 Å². The molecule has 1 saturated heterocycles. The van der Waals surface area contributed by atoms with Crippen LogP contribution < -0.4 is 9.47 Å². The van der Waals surface area contributed by atoms with E-state index in [1.54, 1.807) is 48.8 Å². The summed E-state index contributed by atoms with van der Waals surface area (Å²) in [6.45, 7) is 2.73. The molecule has 0 radical (unpaired) electrons. The molecule has 0 aliphatic carbocycles. The Labute approximate surface area is 226 Å². The monoisotopic (exact) mass is 521 g/mol. The van der Waals surface area contributed by atoms with Gasteiger partial charge in [-0.3, -0.25) is 19.6 Å². The molecule has 1 fully saturated rings. The van der Waals surface area contributed by atoms with Gasteiger partial charge >= 0.3 is 0 Å². The number of pyridine rings is 2. The summed E-state index contributed by atoms with van der Waals surface area (Å²) in [6.07, 6.45) is 6.32. The number of nitrogens with zero attached hydrogens (tertiary/aromatic N) is 3. The molecule has 8 heteroatoms. The Morgan fingerprint density at radius 1 is 0.872 bits per heavy atom. The molecular weight excluding hydrogens is 494 g/mol. The smallest absolute Gasteiger partial charge is 0.295 e. The number of rotatable bonds is 9. The van der Waals surface area contributed by atoms with E-state index >= 15 is 0 Å². The van der Waals surface area contributed by atoms with Gasteiger partial charge in [0.25, 0.3) is 11.7 Å². The number of hydrogen-bond donors (Lipinski definition) is 1. The summed E-state index contributed by atoms with van der Waals surface area (Å²) in [6, 6.07) is 21.0. The fourth-order valence-electron chi connectivity index (χ4n) is 4.56. The Balaban J connectivity index is 1.58. The Hall–Kier alpha value is -4.98. The van der Waals surface area contributed by atoms with Gasteiger partial charge in [-0.2, -0.15) is 0 Å². The van der Waals surface area contributed by atoms with E-state index in [0.29, 0.717) is 35.8 Å². The van der Waals surface area contributed by atoms with Crippen molar-refractivity contribution < 1.29 is 24.2 Å². The van der Waals surface area contributed by atoms with Crippen LogP contribution in [0.15, 0.2) is 103 Å². The number of carbonyl (C=O) groups is 2. The van der Waals surface area contributed by atoms with Crippen molar-refractivity contribution in [2.45, 2.75) is 26.1 Å². The van der Waals surface area contributed by atoms with E-state index in [-0.39, 0.29) is 17.9 Å². The van der Waals surface area contributed by atoms with Crippen molar-refractivity contribution in [3.8, 4) is 11.5 Å². The second-order valence-electron chi connectivity index (χ2n) is 8.94. The zero-order chi connectivity index (χ0) is 27.2. The van der Waals surface area contributed by atoms with Gasteiger partial charge in [0, 0.05) is 36.9 Å². The first kappa shape index (κ1) is 25.7. The van der Waals surface area contributed by atoms with Crippen molar-refractivity contribution in [1.82, 2.24) is 14.9 Å². The lowest BCUT2D eigenvalue weighted by Crippen LogP contribution is -2.29. The number of carbonyl (C=O) groups excluding carboxylic acids is 2. The molecule has 5 rings (SSSR count). The normalized spacial score (nSPS) is 16.3. The van der Waals surface area contributed by atoms with Gasteiger partial charge in [-0.05, 0) is 53.9 Å². The van der Waals surface area contributed by atoms with Crippen LogP contribution in [0.1, 0.15) is 35.2 Å². The second-order valence-corrected chi connectivity index (χ2v) is 8.94. The van der Waals surface area contributed by atoms with Crippen molar-refractivity contribution in [2.24, 2.45) is 0 Å². The third kappa shape index (κ3) is 5.50. The van der Waals surface area contributed by atoms with Crippen molar-refractivity contribution in [1.29, 1.82) is 0 Å². The maximum Gasteiger partial charge on any atom is 0.295 e. The van der Waals surface area contributed by atoms with Crippen LogP contribution in [0.4, 0.5) is 0 Å². The lowest BCUT2D eigenvalue weighted by atomic mass is 9.95. The van der Waals surface area contributed by atoms with E-state index in [1.807, 2.05) is 43.3 Å². The quantitative estimate of drug-likeness (QED) is 0.186. The van der Waals surface area contributed by atoms with Crippen LogP contribution >= 0.6 is 0 Å². The maximum absolute atomic E-state index is 13.3. The molecule has 196 valence electrons. The number of likely N-dealkylation sites (tertiary alicyclic amines) is 1. The van der Waals surface area contributed by atoms with E-state index in [4.69, 9.17) is 9.47 Å². The van der Waals surface area contributed by atoms with Crippen LogP contribution in [0.5, 0.6) is 11.5 Å². The topological polar surface area (TPSA) is 102 Å². The van der Waals surface area contributed by atoms with E-state index in [2.05, 4.69) is 9.97 Å². The first-order valence-corrected chi connectivity index (χ1v) is 12.6. The summed E-state index contributed by atoms with van der Waals surface area (Å²) in [5, 5.41) is 11.2. The standard InChI is InChI=1S/C31H27N3O5/c1-2-38-26-17-24(10-11-25(26)39-20-21-7-4-3-5-8-21)28-27(29(35)23-12-15-32-16-13-23)30(36)31(37)34(28)19-22-9-6-14-33-18-22/h3-18,28,35H,2,19-20H2,1H3/b29-27+. The van der Waals surface area contributed by atoms with Gasteiger partial charge in [0.2, 0.25) is 0 Å². The second kappa shape index (κ2) is 11.6. The highest BCUT2D eigenvalue weighted by molar-refractivity contribution is 6.46. The minimum absolute atomic E-state index is 0.00417. The molecule has 2 aromatic heterocycles. The van der Waals surface area contributed by atoms with Crippen LogP contribution in [0.2, 0.25) is 0 Å². The van der Waals surface area contributed by atoms with Crippen LogP contribution in [-0.2, 0) is 22.7 Å². The zero-order valence-corrected chi connectivity index (χ0v) is 21.4. The molecule has 1 N–H and O–H groups in total. The molecule has 0 spiro atoms. The minimum Gasteiger partial charge on any atom is -0.507 e. The predicted molar refractivity (Wildman–Crippen MR) is 145 cm³/mol. The van der Waals surface area contributed by atoms with Gasteiger partial charge < -0.3 is 19.5 Å². The Morgan fingerprint density at radius 3 is 2.36 bits per heavy atom. The van der Waals surface area contributed by atoms with Gasteiger partial charge in [-0.25, -0.2) is 0 Å². The average Bonchev–Trinajstić information content (AvgIpc) is 3.22. The third-order valence-electron chi connectivity index (χ3n) is 6.39. The largest absolute Gasteiger partial charge is 0.507 e. The highest BCUT2D eigenvalue weighted by Crippen LogP contribution is 2.42. The summed E-state index contributed by atoms with van der Waals surface area (Å²) >= 11 is 0. The SMILES string of the molecule is CCOc1cc(C2/C(=C(\O)c3ccncc3)C(=O)C(=O)N2Cc2cccnc2)ccc1OCc1ccccc1. The van der Waals surface area contributed by atoms with E-state index in [9.17, 15) is 14.7 Å². The molecular formula is C31H27N3O5. The molecule has 2 aromatic carbocycles. The highest BCUT2D eigenvalue weighted by atomic mass is 16.5. The molecule has 39 heavy (non-hydrogen) atoms. The number of benzene rings is 2. The third-order valence-corrected chi connectivity index (χ3v) is 6.39. The van der Waals surface area contributed by atoms with Crippen molar-refractivity contribution >= 4 is 17.4 Å². The number of hydrogen-bond acceptors (Lipinski definition) is 7. The molecule has 8 nitrogen and oxygen atoms in total. The molecule has 1 aliphatic heterocycles. The number of amides is 1. The highest BCUT2D eigenvalue weighted by Gasteiger charge is 2.46. The van der Waals surface area contributed by atoms with E-state index in [0.717, 1.165) is 11.1 Å². The Morgan fingerprint density at radius 2 is 1.64 bits per heavy atom. The molecule has 1 aliphatic rings. The lowest BCUT2D eigenvalue weighted by Gasteiger charge is -2.26. The summed E-state index contributed by atoms with van der Waals surface area (Å²) in [5.74, 6) is -0.733. The molecule has 3 heterocycles. The minimum atomic E-state index is -0.860. The van der Waals surface area contributed by atoms with E-state index < -0.39 is 17.7 Å². The number of aromatic nitrogens is 2. The predicted octanol–water partition coefficient (Wildman–Crippen LogP) is 5.08. The number of aliphatic hydroxyl groups excluding tert-OH is 1. The van der Waals surface area contributed by atoms with E-state index in [1.165, 1.54) is 17.3 Å². The number of aliphatic hydroxyl groups is 1. The van der Waals surface area contributed by atoms with Crippen LogP contribution in [0.3, 0.4) is 0 Å². The molecule has 1 atom stereocenters. The zero-order valence-electron chi connectivity index (χ0n) is 21.4. The summed E-state index contributed by atoms with van der Waals surface area (Å²) in [7, 11) is 0. The Kier molecular flexibility index (Phi) is 7.63. The fourth-order valence-corrected chi connectivity index (χ4v) is 4.56. The fraction of sp³-hybridized carbons (Fsp3) is 0.161. The van der Waals surface area contributed by atoms with Gasteiger partial charge in [0.05, 0.1) is 18.2 Å². The van der Waals surface area contributed by atoms with Crippen molar-refractivity contribution in [3.05, 3.63) is 125 Å². The maximum atomic E-state index is 13.3. The summed E-state index contributed by atoms with van der Waals surface area (Å²) < 4.78 is 12.0. The van der Waals surface area contributed by atoms with Crippen molar-refractivity contribution in [3.63, 3.8) is 0 Å². The number of Topliss-reactive ketones (excluding diaryl/α,β-unsaturated/α-hetero) is 1. The van der Waals surface area contributed by atoms with Gasteiger partial charge in [-0.15, -0.1) is 0 Å². The summed E-state index contributed by atoms with van der Waals surface area (Å²) in [5.41, 5.74) is 2.74. The molecule has 0 bridgehead atoms. The molecule has 1 amide bonds. The van der Waals surface area contributed by atoms with Gasteiger partial charge in [-0.1, -0.05) is 42.5 Å².